The maximum absolute atomic E-state index is 5.15. The summed E-state index contributed by atoms with van der Waals surface area (Å²) in [5, 5.41) is 0. The fourth-order valence-corrected chi connectivity index (χ4v) is 8.99. The second kappa shape index (κ2) is 18.2. The Hall–Kier alpha value is -7.86. The number of anilines is 3. The molecule has 0 saturated heterocycles. The van der Waals surface area contributed by atoms with E-state index in [2.05, 4.69) is 237 Å². The lowest BCUT2D eigenvalue weighted by atomic mass is 10.0. The Morgan fingerprint density at radius 3 is 1.22 bits per heavy atom. The first-order chi connectivity index (χ1) is 31.5. The maximum atomic E-state index is 5.15. The van der Waals surface area contributed by atoms with Gasteiger partial charge < -0.3 is 4.90 Å². The first-order valence-corrected chi connectivity index (χ1v) is 22.3. The molecule has 0 N–H and O–H groups in total. The molecular weight excluding hydrogens is 797 g/mol. The smallest absolute Gasteiger partial charge is 0.164 e. The number of aromatic nitrogens is 3. The maximum Gasteiger partial charge on any atom is 0.164 e. The van der Waals surface area contributed by atoms with Crippen LogP contribution in [0.4, 0.5) is 17.1 Å². The summed E-state index contributed by atoms with van der Waals surface area (Å²) >= 11 is 1.72. The predicted molar refractivity (Wildman–Crippen MR) is 267 cm³/mol. The van der Waals surface area contributed by atoms with Gasteiger partial charge in [-0.3, -0.25) is 0 Å². The van der Waals surface area contributed by atoms with Crippen LogP contribution < -0.4 is 4.90 Å². The van der Waals surface area contributed by atoms with Gasteiger partial charge in [-0.05, 0) is 120 Å². The van der Waals surface area contributed by atoms with Crippen molar-refractivity contribution in [3.8, 4) is 67.5 Å². The van der Waals surface area contributed by atoms with Crippen molar-refractivity contribution in [2.45, 2.75) is 23.6 Å². The van der Waals surface area contributed by atoms with Crippen LogP contribution in [0.1, 0.15) is 11.1 Å². The number of nitrogens with zero attached hydrogens (tertiary/aromatic N) is 4. The minimum atomic E-state index is 0.621. The molecule has 0 aliphatic carbocycles. The summed E-state index contributed by atoms with van der Waals surface area (Å²) in [7, 11) is 0. The number of rotatable bonds is 11. The molecule has 4 nitrogen and oxygen atoms in total. The van der Waals surface area contributed by atoms with Crippen molar-refractivity contribution >= 4 is 28.8 Å². The number of benzene rings is 9. The van der Waals surface area contributed by atoms with E-state index in [0.717, 1.165) is 65.8 Å². The van der Waals surface area contributed by atoms with Crippen molar-refractivity contribution in [3.05, 3.63) is 242 Å². The molecule has 10 aromatic rings. The lowest BCUT2D eigenvalue weighted by Gasteiger charge is -2.27. The average Bonchev–Trinajstić information content (AvgIpc) is 3.36. The van der Waals surface area contributed by atoms with Crippen molar-refractivity contribution in [2.75, 3.05) is 4.90 Å². The fourth-order valence-electron chi connectivity index (χ4n) is 8.12. The van der Waals surface area contributed by atoms with E-state index in [4.69, 9.17) is 15.0 Å². The van der Waals surface area contributed by atoms with Crippen LogP contribution in [0.5, 0.6) is 0 Å². The van der Waals surface area contributed by atoms with Gasteiger partial charge in [-0.1, -0.05) is 181 Å². The molecule has 10 rings (SSSR count). The summed E-state index contributed by atoms with van der Waals surface area (Å²) in [6, 6.07) is 81.1. The highest BCUT2D eigenvalue weighted by molar-refractivity contribution is 7.99. The Morgan fingerprint density at radius 1 is 0.312 bits per heavy atom. The van der Waals surface area contributed by atoms with E-state index >= 15 is 0 Å². The molecule has 306 valence electrons. The zero-order valence-electron chi connectivity index (χ0n) is 35.6. The monoisotopic (exact) mass is 840 g/mol. The molecule has 0 radical (unpaired) electrons. The third-order valence-corrected chi connectivity index (χ3v) is 12.3. The third-order valence-electron chi connectivity index (χ3n) is 11.3. The first kappa shape index (κ1) is 40.2. The molecule has 0 bridgehead atoms. The highest BCUT2D eigenvalue weighted by Gasteiger charge is 2.17. The van der Waals surface area contributed by atoms with Gasteiger partial charge in [-0.15, -0.1) is 0 Å². The molecule has 5 heteroatoms. The van der Waals surface area contributed by atoms with Crippen LogP contribution in [0.15, 0.2) is 240 Å². The molecular formula is C59H44N4S. The standard InChI is InChI=1S/C59H44N4S/c1-41-27-36-56(42(2)37-41)63(52-30-28-46(29-31-52)43-15-6-3-7-16-43)53-32-34-54(35-33-53)64-55-26-14-25-51(40-55)59-61-57(49-23-12-21-47(38-49)44-17-8-4-9-18-44)60-58(62-59)50-24-13-22-48(39-50)45-19-10-5-11-20-45/h3-40H,1-2H3. The van der Waals surface area contributed by atoms with Crippen LogP contribution in [0, 0.1) is 13.8 Å². The summed E-state index contributed by atoms with van der Waals surface area (Å²) in [5.74, 6) is 1.87. The van der Waals surface area contributed by atoms with Crippen molar-refractivity contribution in [1.29, 1.82) is 0 Å². The van der Waals surface area contributed by atoms with Gasteiger partial charge in [-0.2, -0.15) is 0 Å². The summed E-state index contributed by atoms with van der Waals surface area (Å²) in [5.41, 5.74) is 15.5. The Morgan fingerprint density at radius 2 is 0.719 bits per heavy atom. The highest BCUT2D eigenvalue weighted by atomic mass is 32.2. The number of aryl methyl sites for hydroxylation is 2. The zero-order chi connectivity index (χ0) is 43.2. The Labute approximate surface area is 379 Å². The largest absolute Gasteiger partial charge is 0.310 e. The lowest BCUT2D eigenvalue weighted by Crippen LogP contribution is -2.11. The predicted octanol–water partition coefficient (Wildman–Crippen LogP) is 16.1. The lowest BCUT2D eigenvalue weighted by molar-refractivity contribution is 1.07. The number of hydrogen-bond donors (Lipinski definition) is 0. The topological polar surface area (TPSA) is 41.9 Å². The van der Waals surface area contributed by atoms with E-state index in [0.29, 0.717) is 17.5 Å². The van der Waals surface area contributed by atoms with Crippen LogP contribution in [0.25, 0.3) is 67.5 Å². The second-order valence-corrected chi connectivity index (χ2v) is 17.0. The van der Waals surface area contributed by atoms with Gasteiger partial charge in [-0.25, -0.2) is 15.0 Å². The second-order valence-electron chi connectivity index (χ2n) is 15.9. The van der Waals surface area contributed by atoms with Gasteiger partial charge in [0, 0.05) is 43.5 Å². The summed E-state index contributed by atoms with van der Waals surface area (Å²) in [4.78, 5) is 20.0. The normalized spacial score (nSPS) is 11.0. The minimum Gasteiger partial charge on any atom is -0.310 e. The van der Waals surface area contributed by atoms with Crippen LogP contribution in [0.2, 0.25) is 0 Å². The zero-order valence-corrected chi connectivity index (χ0v) is 36.5. The molecule has 0 spiro atoms. The Bertz CT molecular complexity index is 3090. The molecule has 0 saturated carbocycles. The van der Waals surface area contributed by atoms with E-state index in [1.54, 1.807) is 11.8 Å². The summed E-state index contributed by atoms with van der Waals surface area (Å²) in [6.07, 6.45) is 0. The molecule has 1 heterocycles. The van der Waals surface area contributed by atoms with Crippen LogP contribution in [-0.4, -0.2) is 15.0 Å². The van der Waals surface area contributed by atoms with E-state index in [1.165, 1.54) is 22.3 Å². The summed E-state index contributed by atoms with van der Waals surface area (Å²) < 4.78 is 0. The van der Waals surface area contributed by atoms with Crippen molar-refractivity contribution in [3.63, 3.8) is 0 Å². The van der Waals surface area contributed by atoms with Gasteiger partial charge in [0.15, 0.2) is 17.5 Å². The molecule has 0 amide bonds. The molecule has 0 aliphatic heterocycles. The molecule has 1 aromatic heterocycles. The summed E-state index contributed by atoms with van der Waals surface area (Å²) in [6.45, 7) is 4.33. The molecule has 0 fully saturated rings. The highest BCUT2D eigenvalue weighted by Crippen LogP contribution is 2.40. The molecule has 9 aromatic carbocycles. The van der Waals surface area contributed by atoms with Crippen molar-refractivity contribution in [1.82, 2.24) is 15.0 Å². The molecule has 0 aliphatic rings. The minimum absolute atomic E-state index is 0.621. The van der Waals surface area contributed by atoms with Crippen LogP contribution >= 0.6 is 11.8 Å². The first-order valence-electron chi connectivity index (χ1n) is 21.5. The number of hydrogen-bond acceptors (Lipinski definition) is 5. The van der Waals surface area contributed by atoms with Crippen LogP contribution in [0.3, 0.4) is 0 Å². The Kier molecular flexibility index (Phi) is 11.5. The average molecular weight is 841 g/mol. The van der Waals surface area contributed by atoms with Crippen molar-refractivity contribution in [2.24, 2.45) is 0 Å². The molecule has 0 unspecified atom stereocenters. The van der Waals surface area contributed by atoms with Gasteiger partial charge in [0.2, 0.25) is 0 Å². The molecule has 64 heavy (non-hydrogen) atoms. The van der Waals surface area contributed by atoms with E-state index in [9.17, 15) is 0 Å². The third kappa shape index (κ3) is 8.89. The quantitative estimate of drug-likeness (QED) is 0.130. The van der Waals surface area contributed by atoms with E-state index < -0.39 is 0 Å². The van der Waals surface area contributed by atoms with Gasteiger partial charge in [0.05, 0.1) is 0 Å². The molecule has 0 atom stereocenters. The van der Waals surface area contributed by atoms with Crippen LogP contribution in [-0.2, 0) is 0 Å². The van der Waals surface area contributed by atoms with Gasteiger partial charge in [0.25, 0.3) is 0 Å². The van der Waals surface area contributed by atoms with Gasteiger partial charge in [0.1, 0.15) is 0 Å². The Balaban J connectivity index is 0.980. The van der Waals surface area contributed by atoms with Crippen molar-refractivity contribution < 1.29 is 0 Å². The van der Waals surface area contributed by atoms with E-state index in [1.807, 2.05) is 12.1 Å². The SMILES string of the molecule is Cc1ccc(N(c2ccc(Sc3cccc(-c4nc(-c5cccc(-c6ccccc6)c5)nc(-c5cccc(-c6ccccc6)c5)n4)c3)cc2)c2ccc(-c3ccccc3)cc2)c(C)c1. The van der Waals surface area contributed by atoms with E-state index in [-0.39, 0.29) is 0 Å². The fraction of sp³-hybridized carbons (Fsp3) is 0.0339. The van der Waals surface area contributed by atoms with Gasteiger partial charge >= 0.3 is 0 Å².